The minimum Gasteiger partial charge on any atom is -0.368 e. The van der Waals surface area contributed by atoms with Crippen LogP contribution in [0.25, 0.3) is 0 Å². The van der Waals surface area contributed by atoms with Crippen molar-refractivity contribution in [2.45, 2.75) is 19.5 Å². The average Bonchev–Trinajstić information content (AvgIpc) is 2.65. The third-order valence-electron chi connectivity index (χ3n) is 1.73. The van der Waals surface area contributed by atoms with E-state index in [1.807, 2.05) is 0 Å². The molecular formula is C8H12N4O2S. The van der Waals surface area contributed by atoms with Crippen LogP contribution in [-0.2, 0) is 11.3 Å². The number of aromatic nitrogens is 1. The molecule has 0 aliphatic rings. The van der Waals surface area contributed by atoms with Gasteiger partial charge in [-0.2, -0.15) is 0 Å². The van der Waals surface area contributed by atoms with Gasteiger partial charge in [0.15, 0.2) is 0 Å². The fourth-order valence-electron chi connectivity index (χ4n) is 0.851. The molecule has 1 aromatic heterocycles. The zero-order chi connectivity index (χ0) is 11.4. The SMILES string of the molecule is CC(NC(=O)c1csc(CN)n1)C(N)=O. The van der Waals surface area contributed by atoms with E-state index in [1.54, 1.807) is 5.38 Å². The number of nitrogens with one attached hydrogen (secondary N) is 1. The van der Waals surface area contributed by atoms with Crippen LogP contribution >= 0.6 is 11.3 Å². The summed E-state index contributed by atoms with van der Waals surface area (Å²) in [5.74, 6) is -1.00. The van der Waals surface area contributed by atoms with E-state index in [1.165, 1.54) is 18.3 Å². The highest BCUT2D eigenvalue weighted by Gasteiger charge is 2.15. The first-order valence-electron chi connectivity index (χ1n) is 4.29. The minimum absolute atomic E-state index is 0.258. The minimum atomic E-state index is -0.708. The lowest BCUT2D eigenvalue weighted by Gasteiger charge is -2.07. The molecule has 0 aromatic carbocycles. The highest BCUT2D eigenvalue weighted by molar-refractivity contribution is 7.09. The number of hydrogen-bond acceptors (Lipinski definition) is 5. The zero-order valence-electron chi connectivity index (χ0n) is 8.19. The molecule has 0 aliphatic heterocycles. The van der Waals surface area contributed by atoms with Gasteiger partial charge >= 0.3 is 0 Å². The first kappa shape index (κ1) is 11.6. The van der Waals surface area contributed by atoms with Crippen molar-refractivity contribution >= 4 is 23.2 Å². The summed E-state index contributed by atoms with van der Waals surface area (Å²) in [5.41, 5.74) is 10.6. The number of rotatable bonds is 4. The molecule has 1 heterocycles. The molecule has 2 amide bonds. The molecule has 7 heteroatoms. The molecule has 0 aliphatic carbocycles. The summed E-state index contributed by atoms with van der Waals surface area (Å²) in [6.45, 7) is 1.81. The van der Waals surface area contributed by atoms with Gasteiger partial charge in [0, 0.05) is 11.9 Å². The van der Waals surface area contributed by atoms with Gasteiger partial charge in [0.2, 0.25) is 5.91 Å². The lowest BCUT2D eigenvalue weighted by atomic mass is 10.3. The molecule has 0 saturated heterocycles. The maximum Gasteiger partial charge on any atom is 0.271 e. The Balaban J connectivity index is 2.65. The summed E-state index contributed by atoms with van der Waals surface area (Å²) in [5, 5.41) is 4.68. The van der Waals surface area contributed by atoms with Crippen LogP contribution in [-0.4, -0.2) is 22.8 Å². The van der Waals surface area contributed by atoms with Crippen molar-refractivity contribution in [1.29, 1.82) is 0 Å². The molecule has 0 spiro atoms. The molecule has 1 atom stereocenters. The van der Waals surface area contributed by atoms with Crippen LogP contribution in [0.2, 0.25) is 0 Å². The molecule has 6 nitrogen and oxygen atoms in total. The normalized spacial score (nSPS) is 12.1. The number of nitrogens with zero attached hydrogens (tertiary/aromatic N) is 1. The van der Waals surface area contributed by atoms with Gasteiger partial charge in [-0.1, -0.05) is 0 Å². The summed E-state index contributed by atoms with van der Waals surface area (Å²) >= 11 is 1.30. The largest absolute Gasteiger partial charge is 0.368 e. The molecule has 1 rings (SSSR count). The van der Waals surface area contributed by atoms with E-state index in [4.69, 9.17) is 11.5 Å². The van der Waals surface area contributed by atoms with Gasteiger partial charge in [0.05, 0.1) is 0 Å². The average molecular weight is 228 g/mol. The van der Waals surface area contributed by atoms with Crippen molar-refractivity contribution in [3.8, 4) is 0 Å². The maximum atomic E-state index is 11.5. The molecule has 82 valence electrons. The standard InChI is InChI=1S/C8H12N4O2S/c1-4(7(10)13)11-8(14)5-3-15-6(2-9)12-5/h3-4H,2,9H2,1H3,(H2,10,13)(H,11,14). The number of carbonyl (C=O) groups is 2. The summed E-state index contributed by atoms with van der Waals surface area (Å²) in [4.78, 5) is 26.1. The number of primary amides is 1. The summed E-state index contributed by atoms with van der Waals surface area (Å²) < 4.78 is 0. The van der Waals surface area contributed by atoms with E-state index < -0.39 is 17.9 Å². The summed E-state index contributed by atoms with van der Waals surface area (Å²) in [6.07, 6.45) is 0. The van der Waals surface area contributed by atoms with E-state index in [9.17, 15) is 9.59 Å². The Labute approximate surface area is 90.7 Å². The third kappa shape index (κ3) is 3.00. The van der Waals surface area contributed by atoms with Gasteiger partial charge in [0.25, 0.3) is 5.91 Å². The third-order valence-corrected chi connectivity index (χ3v) is 2.60. The second-order valence-electron chi connectivity index (χ2n) is 2.93. The molecular weight excluding hydrogens is 216 g/mol. The van der Waals surface area contributed by atoms with Gasteiger partial charge in [0.1, 0.15) is 16.7 Å². The lowest BCUT2D eigenvalue weighted by Crippen LogP contribution is -2.42. The molecule has 0 saturated carbocycles. The number of nitrogens with two attached hydrogens (primary N) is 2. The van der Waals surface area contributed by atoms with E-state index in [2.05, 4.69) is 10.3 Å². The zero-order valence-corrected chi connectivity index (χ0v) is 9.00. The highest BCUT2D eigenvalue weighted by atomic mass is 32.1. The molecule has 0 radical (unpaired) electrons. The monoisotopic (exact) mass is 228 g/mol. The van der Waals surface area contributed by atoms with Crippen molar-refractivity contribution in [1.82, 2.24) is 10.3 Å². The Morgan fingerprint density at radius 3 is 2.80 bits per heavy atom. The highest BCUT2D eigenvalue weighted by Crippen LogP contribution is 2.08. The van der Waals surface area contributed by atoms with Gasteiger partial charge in [-0.3, -0.25) is 9.59 Å². The quantitative estimate of drug-likeness (QED) is 0.626. The van der Waals surface area contributed by atoms with Crippen LogP contribution in [0.3, 0.4) is 0 Å². The van der Waals surface area contributed by atoms with Gasteiger partial charge in [-0.15, -0.1) is 11.3 Å². The van der Waals surface area contributed by atoms with Gasteiger partial charge < -0.3 is 16.8 Å². The van der Waals surface area contributed by atoms with Crippen LogP contribution in [0.1, 0.15) is 22.4 Å². The number of thiazole rings is 1. The molecule has 5 N–H and O–H groups in total. The summed E-state index contributed by atoms with van der Waals surface area (Å²) in [6, 6.07) is -0.708. The van der Waals surface area contributed by atoms with E-state index >= 15 is 0 Å². The van der Waals surface area contributed by atoms with Crippen LogP contribution < -0.4 is 16.8 Å². The topological polar surface area (TPSA) is 111 Å². The first-order chi connectivity index (χ1) is 7.04. The number of carbonyl (C=O) groups excluding carboxylic acids is 2. The van der Waals surface area contributed by atoms with Crippen LogP contribution in [0.15, 0.2) is 5.38 Å². The van der Waals surface area contributed by atoms with Gasteiger partial charge in [-0.25, -0.2) is 4.98 Å². The fraction of sp³-hybridized carbons (Fsp3) is 0.375. The predicted molar refractivity (Wildman–Crippen MR) is 56.1 cm³/mol. The van der Waals surface area contributed by atoms with E-state index in [0.717, 1.165) is 0 Å². The van der Waals surface area contributed by atoms with Crippen molar-refractivity contribution < 1.29 is 9.59 Å². The lowest BCUT2D eigenvalue weighted by molar-refractivity contribution is -0.119. The second-order valence-corrected chi connectivity index (χ2v) is 3.87. The second kappa shape index (κ2) is 4.85. The summed E-state index contributed by atoms with van der Waals surface area (Å²) in [7, 11) is 0. The Kier molecular flexibility index (Phi) is 3.75. The van der Waals surface area contributed by atoms with Crippen LogP contribution in [0.4, 0.5) is 0 Å². The Bertz CT molecular complexity index is 376. The van der Waals surface area contributed by atoms with Crippen molar-refractivity contribution in [2.24, 2.45) is 11.5 Å². The predicted octanol–water partition coefficient (Wildman–Crippen LogP) is -0.795. The van der Waals surface area contributed by atoms with E-state index in [-0.39, 0.29) is 5.69 Å². The van der Waals surface area contributed by atoms with E-state index in [0.29, 0.717) is 11.6 Å². The number of amides is 2. The Hall–Kier alpha value is -1.47. The molecule has 1 unspecified atom stereocenters. The van der Waals surface area contributed by atoms with Gasteiger partial charge in [-0.05, 0) is 6.92 Å². The van der Waals surface area contributed by atoms with Crippen molar-refractivity contribution in [2.75, 3.05) is 0 Å². The van der Waals surface area contributed by atoms with Crippen LogP contribution in [0.5, 0.6) is 0 Å². The maximum absolute atomic E-state index is 11.5. The van der Waals surface area contributed by atoms with Crippen LogP contribution in [0, 0.1) is 0 Å². The van der Waals surface area contributed by atoms with Crippen molar-refractivity contribution in [3.05, 3.63) is 16.1 Å². The fourth-order valence-corrected chi connectivity index (χ4v) is 1.51. The first-order valence-corrected chi connectivity index (χ1v) is 5.17. The molecule has 15 heavy (non-hydrogen) atoms. The molecule has 1 aromatic rings. The number of hydrogen-bond donors (Lipinski definition) is 3. The Morgan fingerprint density at radius 1 is 1.67 bits per heavy atom. The Morgan fingerprint density at radius 2 is 2.33 bits per heavy atom. The van der Waals surface area contributed by atoms with Crippen molar-refractivity contribution in [3.63, 3.8) is 0 Å². The molecule has 0 bridgehead atoms. The smallest absolute Gasteiger partial charge is 0.271 e. The molecule has 0 fully saturated rings.